The molecule has 7 nitrogen and oxygen atoms in total. The minimum absolute atomic E-state index is 0.203. The molecule has 1 N–H and O–H groups in total. The van der Waals surface area contributed by atoms with Gasteiger partial charge in [-0.25, -0.2) is 9.18 Å². The van der Waals surface area contributed by atoms with Crippen LogP contribution in [0.4, 0.5) is 20.6 Å². The third-order valence-electron chi connectivity index (χ3n) is 4.40. The zero-order valence-electron chi connectivity index (χ0n) is 14.4. The highest BCUT2D eigenvalue weighted by Crippen LogP contribution is 2.30. The Morgan fingerprint density at radius 1 is 1.54 bits per heavy atom. The van der Waals surface area contributed by atoms with Gasteiger partial charge in [0.2, 0.25) is 5.91 Å². The highest BCUT2D eigenvalue weighted by molar-refractivity contribution is 5.90. The lowest BCUT2D eigenvalue weighted by Crippen LogP contribution is -2.33. The normalized spacial score (nSPS) is 21.0. The number of nitriles is 1. The molecule has 0 unspecified atom stereocenters. The molecule has 1 aromatic rings. The molecule has 2 fully saturated rings. The summed E-state index contributed by atoms with van der Waals surface area (Å²) >= 11 is 0. The average molecular weight is 358 g/mol. The Kier molecular flexibility index (Phi) is 5.07. The van der Waals surface area contributed by atoms with E-state index in [4.69, 9.17) is 10.00 Å². The predicted octanol–water partition coefficient (Wildman–Crippen LogP) is 1.95. The van der Waals surface area contributed by atoms with Crippen molar-refractivity contribution in [2.45, 2.75) is 19.4 Å². The van der Waals surface area contributed by atoms with E-state index in [1.165, 1.54) is 24.0 Å². The maximum atomic E-state index is 14.6. The minimum atomic E-state index is -0.562. The highest BCUT2D eigenvalue weighted by Gasteiger charge is 2.33. The van der Waals surface area contributed by atoms with E-state index in [-0.39, 0.29) is 19.0 Å². The molecule has 2 heterocycles. The fourth-order valence-corrected chi connectivity index (χ4v) is 3.11. The number of carbonyl (C=O) groups excluding carboxylic acids is 2. The van der Waals surface area contributed by atoms with Gasteiger partial charge in [-0.3, -0.25) is 9.69 Å². The van der Waals surface area contributed by atoms with Gasteiger partial charge in [0, 0.05) is 26.1 Å². The number of rotatable bonds is 4. The number of amides is 2. The van der Waals surface area contributed by atoms with Gasteiger partial charge in [-0.2, -0.15) is 5.26 Å². The van der Waals surface area contributed by atoms with Crippen molar-refractivity contribution >= 4 is 23.4 Å². The number of anilines is 2. The molecule has 3 rings (SSSR count). The number of ether oxygens (including phenoxy) is 1. The van der Waals surface area contributed by atoms with Crippen molar-refractivity contribution in [2.24, 2.45) is 0 Å². The summed E-state index contributed by atoms with van der Waals surface area (Å²) < 4.78 is 19.8. The van der Waals surface area contributed by atoms with Crippen LogP contribution in [0.1, 0.15) is 13.3 Å². The Labute approximate surface area is 150 Å². The number of nitrogens with one attached hydrogen (secondary N) is 1. The van der Waals surface area contributed by atoms with Crippen LogP contribution in [0.15, 0.2) is 29.8 Å². The lowest BCUT2D eigenvalue weighted by molar-refractivity contribution is -0.119. The molecule has 0 saturated carbocycles. The molecule has 1 aromatic carbocycles. The second-order valence-electron chi connectivity index (χ2n) is 6.29. The Bertz CT molecular complexity index is 802. The Balaban J connectivity index is 1.70. The number of nitrogens with zero attached hydrogens (tertiary/aromatic N) is 3. The van der Waals surface area contributed by atoms with Crippen LogP contribution in [0.25, 0.3) is 0 Å². The standard InChI is InChI=1S/C18H19FN4O3/c1-12(24)21-9-15-11-23(18(25)26-15)14-2-3-17(16(19)8-14)22-7-5-13(10-22)4-6-20/h2-4,8,15H,5,7,9-11H2,1H3,(H,21,24)/b13-4-/t15-/m0/s1. The predicted molar refractivity (Wildman–Crippen MR) is 93.2 cm³/mol. The van der Waals surface area contributed by atoms with Crippen molar-refractivity contribution < 1.29 is 18.7 Å². The molecule has 2 aliphatic rings. The smallest absolute Gasteiger partial charge is 0.414 e. The Morgan fingerprint density at radius 2 is 2.35 bits per heavy atom. The largest absolute Gasteiger partial charge is 0.442 e. The molecule has 136 valence electrons. The molecule has 1 atom stereocenters. The summed E-state index contributed by atoms with van der Waals surface area (Å²) in [5, 5.41) is 11.3. The molecule has 2 saturated heterocycles. The summed E-state index contributed by atoms with van der Waals surface area (Å²) in [5.41, 5.74) is 1.82. The van der Waals surface area contributed by atoms with Crippen molar-refractivity contribution in [3.05, 3.63) is 35.7 Å². The number of cyclic esters (lactones) is 1. The van der Waals surface area contributed by atoms with Crippen LogP contribution in [-0.2, 0) is 9.53 Å². The number of hydrogen-bond donors (Lipinski definition) is 1. The number of allylic oxidation sites excluding steroid dienone is 1. The lowest BCUT2D eigenvalue weighted by atomic mass is 10.2. The molecule has 0 aliphatic carbocycles. The fourth-order valence-electron chi connectivity index (χ4n) is 3.11. The van der Waals surface area contributed by atoms with Crippen molar-refractivity contribution in [1.29, 1.82) is 5.26 Å². The summed E-state index contributed by atoms with van der Waals surface area (Å²) in [4.78, 5) is 26.2. The number of carbonyl (C=O) groups is 2. The Hall–Kier alpha value is -3.08. The quantitative estimate of drug-likeness (QED) is 0.832. The van der Waals surface area contributed by atoms with E-state index in [1.807, 2.05) is 11.0 Å². The molecule has 8 heteroatoms. The van der Waals surface area contributed by atoms with E-state index >= 15 is 0 Å². The van der Waals surface area contributed by atoms with Crippen LogP contribution in [0.3, 0.4) is 0 Å². The topological polar surface area (TPSA) is 85.7 Å². The zero-order chi connectivity index (χ0) is 18.7. The first kappa shape index (κ1) is 17.7. The first-order chi connectivity index (χ1) is 12.5. The molecule has 0 aromatic heterocycles. The van der Waals surface area contributed by atoms with Crippen LogP contribution in [-0.4, -0.2) is 44.3 Å². The highest BCUT2D eigenvalue weighted by atomic mass is 19.1. The lowest BCUT2D eigenvalue weighted by Gasteiger charge is -2.20. The average Bonchev–Trinajstić information content (AvgIpc) is 3.20. The summed E-state index contributed by atoms with van der Waals surface area (Å²) in [6.45, 7) is 3.03. The SMILES string of the molecule is CC(=O)NC[C@H]1CN(c2ccc(N3CC/C(=C/C#N)C3)c(F)c2)C(=O)O1. The maximum Gasteiger partial charge on any atom is 0.414 e. The maximum absolute atomic E-state index is 14.6. The van der Waals surface area contributed by atoms with Gasteiger partial charge >= 0.3 is 6.09 Å². The first-order valence-electron chi connectivity index (χ1n) is 8.32. The van der Waals surface area contributed by atoms with Gasteiger partial charge in [0.15, 0.2) is 0 Å². The van der Waals surface area contributed by atoms with Gasteiger partial charge in [-0.15, -0.1) is 0 Å². The van der Waals surface area contributed by atoms with Crippen LogP contribution in [0.5, 0.6) is 0 Å². The van der Waals surface area contributed by atoms with E-state index in [9.17, 15) is 14.0 Å². The van der Waals surface area contributed by atoms with Gasteiger partial charge in [-0.1, -0.05) is 0 Å². The first-order valence-corrected chi connectivity index (χ1v) is 8.32. The van der Waals surface area contributed by atoms with Crippen molar-refractivity contribution in [3.8, 4) is 6.07 Å². The van der Waals surface area contributed by atoms with Crippen LogP contribution in [0, 0.1) is 17.1 Å². The minimum Gasteiger partial charge on any atom is -0.442 e. The molecule has 0 bridgehead atoms. The monoisotopic (exact) mass is 358 g/mol. The molecular formula is C18H19FN4O3. The second-order valence-corrected chi connectivity index (χ2v) is 6.29. The van der Waals surface area contributed by atoms with Crippen molar-refractivity contribution in [1.82, 2.24) is 5.32 Å². The van der Waals surface area contributed by atoms with E-state index in [2.05, 4.69) is 5.32 Å². The molecule has 0 radical (unpaired) electrons. The van der Waals surface area contributed by atoms with Crippen LogP contribution >= 0.6 is 0 Å². The van der Waals surface area contributed by atoms with Crippen molar-refractivity contribution in [2.75, 3.05) is 36.0 Å². The van der Waals surface area contributed by atoms with Crippen molar-refractivity contribution in [3.63, 3.8) is 0 Å². The summed E-state index contributed by atoms with van der Waals surface area (Å²) in [6, 6.07) is 6.62. The number of halogens is 1. The summed E-state index contributed by atoms with van der Waals surface area (Å²) in [5.74, 6) is -0.635. The fraction of sp³-hybridized carbons (Fsp3) is 0.389. The molecule has 2 aliphatic heterocycles. The molecule has 2 amide bonds. The van der Waals surface area contributed by atoms with Gasteiger partial charge in [0.1, 0.15) is 11.9 Å². The zero-order valence-corrected chi connectivity index (χ0v) is 14.4. The second kappa shape index (κ2) is 7.44. The Morgan fingerprint density at radius 3 is 3.04 bits per heavy atom. The van der Waals surface area contributed by atoms with Gasteiger partial charge in [-0.05, 0) is 30.2 Å². The van der Waals surface area contributed by atoms with Crippen LogP contribution in [0.2, 0.25) is 0 Å². The van der Waals surface area contributed by atoms with Gasteiger partial charge in [0.25, 0.3) is 0 Å². The van der Waals surface area contributed by atoms with E-state index < -0.39 is 18.0 Å². The third-order valence-corrected chi connectivity index (χ3v) is 4.40. The molecular weight excluding hydrogens is 339 g/mol. The third kappa shape index (κ3) is 3.77. The van der Waals surface area contributed by atoms with E-state index in [1.54, 1.807) is 12.1 Å². The summed E-state index contributed by atoms with van der Waals surface area (Å²) in [6.07, 6.45) is 1.21. The van der Waals surface area contributed by atoms with E-state index in [0.717, 1.165) is 12.0 Å². The van der Waals surface area contributed by atoms with Gasteiger partial charge in [0.05, 0.1) is 30.5 Å². The number of benzene rings is 1. The van der Waals surface area contributed by atoms with Crippen LogP contribution < -0.4 is 15.1 Å². The number of hydrogen-bond acceptors (Lipinski definition) is 5. The summed E-state index contributed by atoms with van der Waals surface area (Å²) in [7, 11) is 0. The molecule has 26 heavy (non-hydrogen) atoms. The van der Waals surface area contributed by atoms with Gasteiger partial charge < -0.3 is 15.0 Å². The molecule has 0 spiro atoms. The van der Waals surface area contributed by atoms with E-state index in [0.29, 0.717) is 24.5 Å².